The number of likely N-dealkylation sites (tertiary alicyclic amines) is 1. The van der Waals surface area contributed by atoms with Gasteiger partial charge in [-0.25, -0.2) is 8.42 Å². The maximum atomic E-state index is 12.8. The Balaban J connectivity index is 1.68. The first kappa shape index (κ1) is 23.7. The number of thioether (sulfide) groups is 1. The Kier molecular flexibility index (Phi) is 7.77. The van der Waals surface area contributed by atoms with Gasteiger partial charge in [0.15, 0.2) is 0 Å². The molecule has 2 atom stereocenters. The van der Waals surface area contributed by atoms with E-state index in [2.05, 4.69) is 24.0 Å². The van der Waals surface area contributed by atoms with E-state index in [1.807, 2.05) is 4.90 Å². The second-order valence-electron chi connectivity index (χ2n) is 8.02. The molecule has 1 aromatic carbocycles. The van der Waals surface area contributed by atoms with E-state index < -0.39 is 10.0 Å². The second-order valence-corrected chi connectivity index (χ2v) is 10.9. The highest BCUT2D eigenvalue weighted by atomic mass is 32.2. The molecule has 2 aromatic rings. The molecule has 0 unspecified atom stereocenters. The summed E-state index contributed by atoms with van der Waals surface area (Å²) in [5, 5.41) is 8.34. The summed E-state index contributed by atoms with van der Waals surface area (Å²) in [5.74, 6) is 1.54. The predicted molar refractivity (Wildman–Crippen MR) is 120 cm³/mol. The molecule has 170 valence electrons. The first-order valence-electron chi connectivity index (χ1n) is 10.6. The third-order valence-corrected chi connectivity index (χ3v) is 8.22. The van der Waals surface area contributed by atoms with Gasteiger partial charge in [0.25, 0.3) is 5.22 Å². The largest absolute Gasteiger partial charge is 0.411 e. The van der Waals surface area contributed by atoms with Crippen LogP contribution < -0.4 is 0 Å². The van der Waals surface area contributed by atoms with E-state index in [0.29, 0.717) is 35.7 Å². The van der Waals surface area contributed by atoms with Gasteiger partial charge >= 0.3 is 0 Å². The van der Waals surface area contributed by atoms with Gasteiger partial charge in [0, 0.05) is 31.7 Å². The highest BCUT2D eigenvalue weighted by Crippen LogP contribution is 2.27. The molecule has 0 bridgehead atoms. The van der Waals surface area contributed by atoms with Crippen molar-refractivity contribution in [1.29, 1.82) is 0 Å². The highest BCUT2D eigenvalue weighted by molar-refractivity contribution is 7.99. The van der Waals surface area contributed by atoms with Gasteiger partial charge in [-0.05, 0) is 36.5 Å². The summed E-state index contributed by atoms with van der Waals surface area (Å²) in [6, 6.07) is 6.48. The van der Waals surface area contributed by atoms with Crippen molar-refractivity contribution in [2.24, 2.45) is 11.8 Å². The highest BCUT2D eigenvalue weighted by Gasteiger charge is 2.26. The van der Waals surface area contributed by atoms with Crippen molar-refractivity contribution in [3.05, 3.63) is 24.3 Å². The van der Waals surface area contributed by atoms with Gasteiger partial charge in [-0.15, -0.1) is 10.2 Å². The molecule has 0 aliphatic carbocycles. The van der Waals surface area contributed by atoms with Crippen LogP contribution in [0.2, 0.25) is 0 Å². The van der Waals surface area contributed by atoms with E-state index in [1.165, 1.54) is 22.1 Å². The van der Waals surface area contributed by atoms with E-state index >= 15 is 0 Å². The number of sulfonamides is 1. The molecule has 0 radical (unpaired) electrons. The van der Waals surface area contributed by atoms with Crippen LogP contribution in [0.3, 0.4) is 0 Å². The molecule has 1 fully saturated rings. The van der Waals surface area contributed by atoms with Crippen LogP contribution in [0.25, 0.3) is 11.5 Å². The van der Waals surface area contributed by atoms with Gasteiger partial charge in [0.2, 0.25) is 21.8 Å². The van der Waals surface area contributed by atoms with Gasteiger partial charge in [0.05, 0.1) is 10.6 Å². The molecule has 1 aliphatic rings. The third-order valence-electron chi connectivity index (χ3n) is 5.37. The molecular formula is C21H30N4O4S2. The number of carbonyl (C=O) groups excluding carboxylic acids is 1. The third kappa shape index (κ3) is 5.67. The Labute approximate surface area is 188 Å². The van der Waals surface area contributed by atoms with Gasteiger partial charge in [-0.3, -0.25) is 4.79 Å². The SMILES string of the molecule is CCN(CC)S(=O)(=O)c1cccc(-c2nnc(SCC(=O)N3C[C@H](C)C[C@H](C)C3)o2)c1. The fourth-order valence-electron chi connectivity index (χ4n) is 3.97. The van der Waals surface area contributed by atoms with E-state index in [1.54, 1.807) is 32.0 Å². The van der Waals surface area contributed by atoms with Crippen molar-refractivity contribution in [1.82, 2.24) is 19.4 Å². The van der Waals surface area contributed by atoms with Gasteiger partial charge in [0.1, 0.15) is 0 Å². The first-order valence-corrected chi connectivity index (χ1v) is 13.0. The summed E-state index contributed by atoms with van der Waals surface area (Å²) in [5.41, 5.74) is 0.526. The number of piperidine rings is 1. The summed E-state index contributed by atoms with van der Waals surface area (Å²) in [6.45, 7) is 10.3. The zero-order valence-electron chi connectivity index (χ0n) is 18.4. The summed E-state index contributed by atoms with van der Waals surface area (Å²) in [6.07, 6.45) is 1.15. The zero-order valence-corrected chi connectivity index (χ0v) is 20.1. The van der Waals surface area contributed by atoms with Gasteiger partial charge in [-0.2, -0.15) is 4.31 Å². The maximum Gasteiger partial charge on any atom is 0.277 e. The quantitative estimate of drug-likeness (QED) is 0.550. The Morgan fingerprint density at radius 1 is 1.19 bits per heavy atom. The molecule has 1 amide bonds. The molecule has 8 nitrogen and oxygen atoms in total. The lowest BCUT2D eigenvalue weighted by Crippen LogP contribution is -2.43. The first-order chi connectivity index (χ1) is 14.7. The average molecular weight is 467 g/mol. The van der Waals surface area contributed by atoms with Crippen molar-refractivity contribution >= 4 is 27.7 Å². The Hall–Kier alpha value is -1.91. The summed E-state index contributed by atoms with van der Waals surface area (Å²) < 4.78 is 32.6. The van der Waals surface area contributed by atoms with E-state index in [0.717, 1.165) is 19.5 Å². The number of carbonyl (C=O) groups is 1. The van der Waals surface area contributed by atoms with Crippen molar-refractivity contribution in [3.8, 4) is 11.5 Å². The number of amides is 1. The summed E-state index contributed by atoms with van der Waals surface area (Å²) in [7, 11) is -3.58. The van der Waals surface area contributed by atoms with E-state index in [9.17, 15) is 13.2 Å². The number of aromatic nitrogens is 2. The molecule has 0 saturated carbocycles. The van der Waals surface area contributed by atoms with Crippen LogP contribution in [-0.4, -0.2) is 65.7 Å². The molecule has 31 heavy (non-hydrogen) atoms. The van der Waals surface area contributed by atoms with Crippen LogP contribution in [0.4, 0.5) is 0 Å². The molecule has 1 aliphatic heterocycles. The van der Waals surface area contributed by atoms with Gasteiger partial charge < -0.3 is 9.32 Å². The van der Waals surface area contributed by atoms with Crippen molar-refractivity contribution in [2.45, 2.75) is 44.2 Å². The van der Waals surface area contributed by atoms with Crippen LogP contribution in [0, 0.1) is 11.8 Å². The minimum atomic E-state index is -3.58. The molecule has 2 heterocycles. The number of hydrogen-bond donors (Lipinski definition) is 0. The topological polar surface area (TPSA) is 96.6 Å². The number of rotatable bonds is 8. The second kappa shape index (κ2) is 10.1. The number of benzene rings is 1. The molecule has 3 rings (SSSR count). The predicted octanol–water partition coefficient (Wildman–Crippen LogP) is 3.36. The van der Waals surface area contributed by atoms with Crippen molar-refractivity contribution < 1.29 is 17.6 Å². The molecular weight excluding hydrogens is 436 g/mol. The normalized spacial score (nSPS) is 19.7. The minimum absolute atomic E-state index is 0.0652. The minimum Gasteiger partial charge on any atom is -0.411 e. The molecule has 10 heteroatoms. The Morgan fingerprint density at radius 3 is 2.52 bits per heavy atom. The lowest BCUT2D eigenvalue weighted by molar-refractivity contribution is -0.130. The van der Waals surface area contributed by atoms with Crippen molar-refractivity contribution in [2.75, 3.05) is 31.9 Å². The van der Waals surface area contributed by atoms with E-state index in [4.69, 9.17) is 4.42 Å². The van der Waals surface area contributed by atoms with Crippen LogP contribution >= 0.6 is 11.8 Å². The van der Waals surface area contributed by atoms with E-state index in [-0.39, 0.29) is 22.4 Å². The Bertz CT molecular complexity index is 994. The molecule has 0 spiro atoms. The standard InChI is InChI=1S/C21H30N4O4S2/c1-5-25(6-2)31(27,28)18-9-7-8-17(11-18)20-22-23-21(29-20)30-14-19(26)24-12-15(3)10-16(4)13-24/h7-9,11,15-16H,5-6,10,12-14H2,1-4H3/t15-,16+. The van der Waals surface area contributed by atoms with Crippen LogP contribution in [-0.2, 0) is 14.8 Å². The monoisotopic (exact) mass is 466 g/mol. The number of nitrogens with zero attached hydrogens (tertiary/aromatic N) is 4. The Morgan fingerprint density at radius 2 is 1.87 bits per heavy atom. The fourth-order valence-corrected chi connectivity index (χ4v) is 6.14. The molecule has 0 N–H and O–H groups in total. The number of hydrogen-bond acceptors (Lipinski definition) is 7. The van der Waals surface area contributed by atoms with Gasteiger partial charge in [-0.1, -0.05) is 45.5 Å². The van der Waals surface area contributed by atoms with Crippen LogP contribution in [0.15, 0.2) is 38.8 Å². The van der Waals surface area contributed by atoms with Crippen LogP contribution in [0.5, 0.6) is 0 Å². The zero-order chi connectivity index (χ0) is 22.6. The molecule has 1 aromatic heterocycles. The molecule has 1 saturated heterocycles. The summed E-state index contributed by atoms with van der Waals surface area (Å²) >= 11 is 1.20. The smallest absolute Gasteiger partial charge is 0.277 e. The fraction of sp³-hybridized carbons (Fsp3) is 0.571. The van der Waals surface area contributed by atoms with Crippen molar-refractivity contribution in [3.63, 3.8) is 0 Å². The maximum absolute atomic E-state index is 12.8. The lowest BCUT2D eigenvalue weighted by atomic mass is 9.92. The summed E-state index contributed by atoms with van der Waals surface area (Å²) in [4.78, 5) is 14.7. The average Bonchev–Trinajstić information content (AvgIpc) is 3.21. The van der Waals surface area contributed by atoms with Crippen LogP contribution in [0.1, 0.15) is 34.1 Å². The lowest BCUT2D eigenvalue weighted by Gasteiger charge is -2.34.